The van der Waals surface area contributed by atoms with Crippen molar-refractivity contribution in [2.24, 2.45) is 12.8 Å². The molecule has 0 spiro atoms. The Balaban J connectivity index is 1.64. The van der Waals surface area contributed by atoms with Crippen LogP contribution in [-0.4, -0.2) is 37.7 Å². The molecule has 1 heterocycles. The van der Waals surface area contributed by atoms with Crippen molar-refractivity contribution in [2.45, 2.75) is 32.2 Å². The van der Waals surface area contributed by atoms with Gasteiger partial charge >= 0.3 is 0 Å². The normalized spacial score (nSPS) is 11.6. The quantitative estimate of drug-likeness (QED) is 0.182. The fraction of sp³-hybridized carbons (Fsp3) is 0.333. The number of aryl methyl sites for hydroxylation is 2. The Labute approximate surface area is 234 Å². The van der Waals surface area contributed by atoms with Gasteiger partial charge in [0.1, 0.15) is 0 Å². The van der Waals surface area contributed by atoms with Crippen LogP contribution in [-0.2, 0) is 18.4 Å². The number of carbonyl (C=O) groups is 1. The van der Waals surface area contributed by atoms with Crippen molar-refractivity contribution in [2.75, 3.05) is 32.1 Å². The first-order valence-corrected chi connectivity index (χ1v) is 13.8. The van der Waals surface area contributed by atoms with Crippen LogP contribution >= 0.6 is 23.2 Å². The molecule has 0 bridgehead atoms. The summed E-state index contributed by atoms with van der Waals surface area (Å²) in [6.07, 6.45) is 7.58. The van der Waals surface area contributed by atoms with E-state index in [9.17, 15) is 4.79 Å². The monoisotopic (exact) mass is 552 g/mol. The molecule has 4 rings (SSSR count). The summed E-state index contributed by atoms with van der Waals surface area (Å²) in [5.41, 5.74) is 9.87. The van der Waals surface area contributed by atoms with E-state index < -0.39 is 0 Å². The maximum Gasteiger partial charge on any atom is 0.282 e. The third kappa shape index (κ3) is 6.15. The SMILES string of the molecule is CN(C)c1ccc(/C=C/c2n(CCCCCC(=O)NCCN)c3cc(Cl)c(Cl)cc3[n+]2C)c2ccccc12. The van der Waals surface area contributed by atoms with Crippen molar-refractivity contribution >= 4 is 68.8 Å². The van der Waals surface area contributed by atoms with Crippen LogP contribution in [0, 0.1) is 0 Å². The van der Waals surface area contributed by atoms with Gasteiger partial charge < -0.3 is 16.0 Å². The van der Waals surface area contributed by atoms with Gasteiger partial charge in [-0.05, 0) is 42.4 Å². The summed E-state index contributed by atoms with van der Waals surface area (Å²) in [5, 5.41) is 6.34. The molecule has 0 saturated heterocycles. The standard InChI is InChI=1S/C30H35Cl2N5O/c1-35(2)26-14-12-21(22-9-6-7-10-23(22)26)13-15-30-36(3)27-19-24(31)25(32)20-28(27)37(30)18-8-4-5-11-29(38)34-17-16-33/h6-7,9-10,12-15,19-20H,4-5,8,11,16-18,33H2,1-3H3/p+1. The summed E-state index contributed by atoms with van der Waals surface area (Å²) in [6.45, 7) is 1.79. The number of nitrogens with two attached hydrogens (primary N) is 1. The van der Waals surface area contributed by atoms with E-state index in [1.165, 1.54) is 16.5 Å². The van der Waals surface area contributed by atoms with Gasteiger partial charge in [-0.1, -0.05) is 53.5 Å². The smallest absolute Gasteiger partial charge is 0.282 e. The summed E-state index contributed by atoms with van der Waals surface area (Å²) in [5.74, 6) is 1.12. The Morgan fingerprint density at radius 2 is 1.76 bits per heavy atom. The molecule has 1 amide bonds. The largest absolute Gasteiger partial charge is 0.377 e. The van der Waals surface area contributed by atoms with E-state index in [0.29, 0.717) is 29.6 Å². The average Bonchev–Trinajstić information content (AvgIpc) is 3.15. The summed E-state index contributed by atoms with van der Waals surface area (Å²) < 4.78 is 4.45. The number of nitrogens with one attached hydrogen (secondary N) is 1. The van der Waals surface area contributed by atoms with Crippen LogP contribution in [0.5, 0.6) is 0 Å². The fourth-order valence-corrected chi connectivity index (χ4v) is 5.23. The first kappa shape index (κ1) is 28.0. The lowest BCUT2D eigenvalue weighted by molar-refractivity contribution is -0.647. The van der Waals surface area contributed by atoms with Gasteiger partial charge in [-0.2, -0.15) is 0 Å². The number of halogens is 2. The number of hydrogen-bond donors (Lipinski definition) is 2. The minimum atomic E-state index is 0.0609. The molecular weight excluding hydrogens is 517 g/mol. The van der Waals surface area contributed by atoms with Gasteiger partial charge in [0.25, 0.3) is 5.82 Å². The Morgan fingerprint density at radius 1 is 1.03 bits per heavy atom. The highest BCUT2D eigenvalue weighted by Crippen LogP contribution is 2.31. The minimum absolute atomic E-state index is 0.0609. The van der Waals surface area contributed by atoms with Crippen LogP contribution in [0.15, 0.2) is 48.5 Å². The van der Waals surface area contributed by atoms with E-state index in [4.69, 9.17) is 28.9 Å². The van der Waals surface area contributed by atoms with E-state index in [1.54, 1.807) is 0 Å². The number of amides is 1. The number of carbonyl (C=O) groups excluding carboxylic acids is 1. The van der Waals surface area contributed by atoms with Crippen LogP contribution in [0.4, 0.5) is 5.69 Å². The van der Waals surface area contributed by atoms with Gasteiger partial charge in [-0.15, -0.1) is 0 Å². The zero-order chi connectivity index (χ0) is 27.2. The Bertz CT molecular complexity index is 1480. The molecule has 0 aliphatic heterocycles. The number of fused-ring (bicyclic) bond motifs is 2. The van der Waals surface area contributed by atoms with E-state index >= 15 is 0 Å². The van der Waals surface area contributed by atoms with Crippen LogP contribution in [0.25, 0.3) is 34.0 Å². The van der Waals surface area contributed by atoms with Gasteiger partial charge in [-0.3, -0.25) is 4.79 Å². The third-order valence-corrected chi connectivity index (χ3v) is 7.59. The molecule has 0 radical (unpaired) electrons. The molecule has 0 unspecified atom stereocenters. The Morgan fingerprint density at radius 3 is 2.50 bits per heavy atom. The highest BCUT2D eigenvalue weighted by molar-refractivity contribution is 6.42. The maximum atomic E-state index is 11.9. The van der Waals surface area contributed by atoms with Crippen LogP contribution < -0.4 is 20.5 Å². The predicted octanol–water partition coefficient (Wildman–Crippen LogP) is 5.80. The van der Waals surface area contributed by atoms with E-state index in [1.807, 2.05) is 12.1 Å². The number of unbranched alkanes of at least 4 members (excludes halogenated alkanes) is 2. The van der Waals surface area contributed by atoms with E-state index in [-0.39, 0.29) is 5.91 Å². The number of benzene rings is 3. The van der Waals surface area contributed by atoms with Gasteiger partial charge in [-0.25, -0.2) is 9.13 Å². The summed E-state index contributed by atoms with van der Waals surface area (Å²) >= 11 is 12.8. The molecule has 0 fully saturated rings. The molecule has 0 aliphatic rings. The van der Waals surface area contributed by atoms with Crippen molar-refractivity contribution in [3.63, 3.8) is 0 Å². The highest BCUT2D eigenvalue weighted by Gasteiger charge is 2.22. The number of rotatable bonds is 11. The Kier molecular flexibility index (Phi) is 9.31. The fourth-order valence-electron chi connectivity index (χ4n) is 4.91. The summed E-state index contributed by atoms with van der Waals surface area (Å²) in [6, 6.07) is 16.7. The third-order valence-electron chi connectivity index (χ3n) is 6.87. The van der Waals surface area contributed by atoms with Crippen LogP contribution in [0.2, 0.25) is 10.0 Å². The molecule has 4 aromatic rings. The number of nitrogens with zero attached hydrogens (tertiary/aromatic N) is 3. The van der Waals surface area contributed by atoms with Gasteiger partial charge in [0.2, 0.25) is 5.91 Å². The second kappa shape index (κ2) is 12.7. The van der Waals surface area contributed by atoms with E-state index in [0.717, 1.165) is 48.2 Å². The predicted molar refractivity (Wildman–Crippen MR) is 161 cm³/mol. The molecule has 0 saturated carbocycles. The second-order valence-corrected chi connectivity index (χ2v) is 10.5. The molecule has 6 nitrogen and oxygen atoms in total. The second-order valence-electron chi connectivity index (χ2n) is 9.72. The molecule has 3 N–H and O–H groups in total. The number of imidazole rings is 1. The van der Waals surface area contributed by atoms with Gasteiger partial charge in [0.05, 0.1) is 23.6 Å². The van der Waals surface area contributed by atoms with Crippen molar-refractivity contribution in [1.82, 2.24) is 9.88 Å². The number of anilines is 1. The Hall–Kier alpha value is -3.06. The first-order valence-electron chi connectivity index (χ1n) is 13.0. The van der Waals surface area contributed by atoms with Crippen molar-refractivity contribution in [3.8, 4) is 0 Å². The van der Waals surface area contributed by atoms with Crippen molar-refractivity contribution in [1.29, 1.82) is 0 Å². The van der Waals surface area contributed by atoms with Crippen LogP contribution in [0.3, 0.4) is 0 Å². The lowest BCUT2D eigenvalue weighted by Crippen LogP contribution is -2.31. The lowest BCUT2D eigenvalue weighted by Gasteiger charge is -2.16. The molecule has 1 aromatic heterocycles. The molecule has 200 valence electrons. The first-order chi connectivity index (χ1) is 18.3. The van der Waals surface area contributed by atoms with Crippen LogP contribution in [0.1, 0.15) is 37.1 Å². The summed E-state index contributed by atoms with van der Waals surface area (Å²) in [4.78, 5) is 14.0. The lowest BCUT2D eigenvalue weighted by atomic mass is 10.0. The highest BCUT2D eigenvalue weighted by atomic mass is 35.5. The van der Waals surface area contributed by atoms with E-state index in [2.05, 4.69) is 89.0 Å². The zero-order valence-corrected chi connectivity index (χ0v) is 23.8. The van der Waals surface area contributed by atoms with Gasteiger partial charge in [0.15, 0.2) is 11.0 Å². The maximum absolute atomic E-state index is 11.9. The number of hydrogen-bond acceptors (Lipinski definition) is 3. The van der Waals surface area contributed by atoms with Gasteiger partial charge in [0, 0.05) is 62.9 Å². The molecule has 3 aromatic carbocycles. The zero-order valence-electron chi connectivity index (χ0n) is 22.3. The number of aromatic nitrogens is 2. The molecular formula is C30H36Cl2N5O+. The molecule has 0 atom stereocenters. The summed E-state index contributed by atoms with van der Waals surface area (Å²) in [7, 11) is 6.19. The van der Waals surface area contributed by atoms with Crippen molar-refractivity contribution in [3.05, 3.63) is 70.0 Å². The molecule has 0 aliphatic carbocycles. The average molecular weight is 554 g/mol. The minimum Gasteiger partial charge on any atom is -0.377 e. The van der Waals surface area contributed by atoms with Crippen molar-refractivity contribution < 1.29 is 9.36 Å². The molecule has 38 heavy (non-hydrogen) atoms. The topological polar surface area (TPSA) is 67.2 Å². The molecule has 8 heteroatoms.